The Kier molecular flexibility index (Phi) is 7.43. The average molecular weight is 422 g/mol. The summed E-state index contributed by atoms with van der Waals surface area (Å²) in [4.78, 5) is 37.7. The monoisotopic (exact) mass is 422 g/mol. The van der Waals surface area contributed by atoms with Gasteiger partial charge in [-0.1, -0.05) is 12.1 Å². The Hall–Kier alpha value is -3.61. The second-order valence-electron chi connectivity index (χ2n) is 7.05. The molecular weight excluding hydrogens is 396 g/mol. The SMILES string of the molecule is CCNC(=O)COc1ccc(C=CC(=O)c2ccc(N3CCCC3=O)cc2)cc1OC. The van der Waals surface area contributed by atoms with Crippen molar-refractivity contribution in [2.45, 2.75) is 19.8 Å². The van der Waals surface area contributed by atoms with E-state index < -0.39 is 0 Å². The molecule has 7 nitrogen and oxygen atoms in total. The summed E-state index contributed by atoms with van der Waals surface area (Å²) in [6.07, 6.45) is 4.61. The average Bonchev–Trinajstić information content (AvgIpc) is 3.22. The quantitative estimate of drug-likeness (QED) is 0.495. The summed E-state index contributed by atoms with van der Waals surface area (Å²) >= 11 is 0. The lowest BCUT2D eigenvalue weighted by atomic mass is 10.1. The van der Waals surface area contributed by atoms with Crippen molar-refractivity contribution in [2.75, 3.05) is 31.7 Å². The zero-order chi connectivity index (χ0) is 22.2. The van der Waals surface area contributed by atoms with Gasteiger partial charge in [0.25, 0.3) is 5.91 Å². The van der Waals surface area contributed by atoms with Crippen LogP contribution < -0.4 is 19.7 Å². The molecular formula is C24H26N2O5. The van der Waals surface area contributed by atoms with Crippen LogP contribution in [0.1, 0.15) is 35.7 Å². The van der Waals surface area contributed by atoms with E-state index in [4.69, 9.17) is 9.47 Å². The summed E-state index contributed by atoms with van der Waals surface area (Å²) in [5, 5.41) is 2.66. The van der Waals surface area contributed by atoms with Crippen molar-refractivity contribution >= 4 is 29.4 Å². The highest BCUT2D eigenvalue weighted by molar-refractivity contribution is 6.07. The molecule has 1 heterocycles. The van der Waals surface area contributed by atoms with Crippen molar-refractivity contribution in [3.63, 3.8) is 0 Å². The highest BCUT2D eigenvalue weighted by Crippen LogP contribution is 2.28. The van der Waals surface area contributed by atoms with E-state index in [0.29, 0.717) is 30.0 Å². The van der Waals surface area contributed by atoms with Gasteiger partial charge in [0.15, 0.2) is 23.9 Å². The number of amides is 2. The van der Waals surface area contributed by atoms with E-state index in [9.17, 15) is 14.4 Å². The number of hydrogen-bond acceptors (Lipinski definition) is 5. The normalized spacial score (nSPS) is 13.5. The van der Waals surface area contributed by atoms with Crippen molar-refractivity contribution in [1.29, 1.82) is 0 Å². The van der Waals surface area contributed by atoms with Crippen LogP contribution in [-0.4, -0.2) is 44.4 Å². The van der Waals surface area contributed by atoms with E-state index in [-0.39, 0.29) is 24.2 Å². The first kappa shape index (κ1) is 22.1. The number of rotatable bonds is 9. The Balaban J connectivity index is 1.64. The molecule has 2 amide bonds. The Labute approximate surface area is 181 Å². The topological polar surface area (TPSA) is 84.9 Å². The lowest BCUT2D eigenvalue weighted by Crippen LogP contribution is -2.28. The standard InChI is InChI=1S/C24H26N2O5/c1-3-25-23(28)16-31-21-13-7-17(15-22(21)30-2)6-12-20(27)18-8-10-19(11-9-18)26-14-4-5-24(26)29/h6-13,15H,3-5,14,16H2,1-2H3,(H,25,28). The van der Waals surface area contributed by atoms with Crippen molar-refractivity contribution < 1.29 is 23.9 Å². The van der Waals surface area contributed by atoms with Crippen LogP contribution in [0.15, 0.2) is 48.5 Å². The lowest BCUT2D eigenvalue weighted by molar-refractivity contribution is -0.123. The Bertz CT molecular complexity index is 982. The molecule has 1 fully saturated rings. The third kappa shape index (κ3) is 5.72. The van der Waals surface area contributed by atoms with Gasteiger partial charge in [-0.15, -0.1) is 0 Å². The van der Waals surface area contributed by atoms with Crippen LogP contribution in [0.2, 0.25) is 0 Å². The van der Waals surface area contributed by atoms with Gasteiger partial charge in [-0.25, -0.2) is 0 Å². The van der Waals surface area contributed by atoms with E-state index in [2.05, 4.69) is 5.32 Å². The minimum absolute atomic E-state index is 0.100. The zero-order valence-electron chi connectivity index (χ0n) is 17.7. The van der Waals surface area contributed by atoms with Crippen LogP contribution in [0.25, 0.3) is 6.08 Å². The number of carbonyl (C=O) groups is 3. The number of methoxy groups -OCH3 is 1. The molecule has 1 saturated heterocycles. The molecule has 162 valence electrons. The Morgan fingerprint density at radius 3 is 2.55 bits per heavy atom. The maximum Gasteiger partial charge on any atom is 0.257 e. The molecule has 1 aliphatic rings. The molecule has 0 atom stereocenters. The third-order valence-electron chi connectivity index (χ3n) is 4.88. The molecule has 2 aromatic rings. The molecule has 7 heteroatoms. The summed E-state index contributed by atoms with van der Waals surface area (Å²) < 4.78 is 10.8. The van der Waals surface area contributed by atoms with Crippen LogP contribution in [-0.2, 0) is 9.59 Å². The van der Waals surface area contributed by atoms with Gasteiger partial charge in [0, 0.05) is 30.8 Å². The highest BCUT2D eigenvalue weighted by atomic mass is 16.5. The number of carbonyl (C=O) groups excluding carboxylic acids is 3. The second kappa shape index (κ2) is 10.4. The minimum Gasteiger partial charge on any atom is -0.493 e. The van der Waals surface area contributed by atoms with Gasteiger partial charge in [0.1, 0.15) is 0 Å². The van der Waals surface area contributed by atoms with E-state index >= 15 is 0 Å². The third-order valence-corrected chi connectivity index (χ3v) is 4.88. The van der Waals surface area contributed by atoms with Crippen molar-refractivity contribution in [3.8, 4) is 11.5 Å². The molecule has 0 unspecified atom stereocenters. The molecule has 1 aliphatic heterocycles. The summed E-state index contributed by atoms with van der Waals surface area (Å²) in [6, 6.07) is 12.3. The molecule has 0 aromatic heterocycles. The predicted molar refractivity (Wildman–Crippen MR) is 119 cm³/mol. The summed E-state index contributed by atoms with van der Waals surface area (Å²) in [6.45, 7) is 2.99. The predicted octanol–water partition coefficient (Wildman–Crippen LogP) is 3.23. The second-order valence-corrected chi connectivity index (χ2v) is 7.05. The van der Waals surface area contributed by atoms with Crippen molar-refractivity contribution in [2.24, 2.45) is 0 Å². The van der Waals surface area contributed by atoms with Gasteiger partial charge < -0.3 is 19.7 Å². The van der Waals surface area contributed by atoms with Gasteiger partial charge in [-0.2, -0.15) is 0 Å². The highest BCUT2D eigenvalue weighted by Gasteiger charge is 2.21. The Morgan fingerprint density at radius 1 is 1.13 bits per heavy atom. The first-order valence-corrected chi connectivity index (χ1v) is 10.2. The number of nitrogens with one attached hydrogen (secondary N) is 1. The number of anilines is 1. The number of hydrogen-bond donors (Lipinski definition) is 1. The van der Waals surface area contributed by atoms with E-state index in [1.54, 1.807) is 53.4 Å². The van der Waals surface area contributed by atoms with Crippen molar-refractivity contribution in [3.05, 3.63) is 59.7 Å². The van der Waals surface area contributed by atoms with Gasteiger partial charge in [0.05, 0.1) is 7.11 Å². The van der Waals surface area contributed by atoms with E-state index in [1.807, 2.05) is 6.92 Å². The molecule has 0 spiro atoms. The number of benzene rings is 2. The molecule has 0 saturated carbocycles. The fourth-order valence-corrected chi connectivity index (χ4v) is 3.29. The molecule has 3 rings (SSSR count). The van der Waals surface area contributed by atoms with E-state index in [1.165, 1.54) is 13.2 Å². The zero-order valence-corrected chi connectivity index (χ0v) is 17.7. The van der Waals surface area contributed by atoms with Gasteiger partial charge in [-0.3, -0.25) is 14.4 Å². The number of ketones is 1. The maximum atomic E-state index is 12.5. The number of allylic oxidation sites excluding steroid dienone is 1. The molecule has 0 radical (unpaired) electrons. The molecule has 0 aliphatic carbocycles. The number of likely N-dealkylation sites (N-methyl/N-ethyl adjacent to an activating group) is 1. The Morgan fingerprint density at radius 2 is 1.90 bits per heavy atom. The van der Waals surface area contributed by atoms with Crippen LogP contribution in [0.5, 0.6) is 11.5 Å². The van der Waals surface area contributed by atoms with Crippen LogP contribution in [0.3, 0.4) is 0 Å². The number of nitrogens with zero attached hydrogens (tertiary/aromatic N) is 1. The first-order valence-electron chi connectivity index (χ1n) is 10.2. The molecule has 2 aromatic carbocycles. The molecule has 1 N–H and O–H groups in total. The summed E-state index contributed by atoms with van der Waals surface area (Å²) in [5.41, 5.74) is 2.12. The molecule has 31 heavy (non-hydrogen) atoms. The number of ether oxygens (including phenoxy) is 2. The molecule has 0 bridgehead atoms. The van der Waals surface area contributed by atoms with E-state index in [0.717, 1.165) is 24.2 Å². The van der Waals surface area contributed by atoms with Crippen molar-refractivity contribution in [1.82, 2.24) is 5.32 Å². The fourth-order valence-electron chi connectivity index (χ4n) is 3.29. The smallest absolute Gasteiger partial charge is 0.257 e. The minimum atomic E-state index is -0.209. The van der Waals surface area contributed by atoms with Gasteiger partial charge >= 0.3 is 0 Å². The first-order chi connectivity index (χ1) is 15.0. The van der Waals surface area contributed by atoms with Crippen LogP contribution in [0, 0.1) is 0 Å². The van der Waals surface area contributed by atoms with Gasteiger partial charge in [0.2, 0.25) is 5.91 Å². The summed E-state index contributed by atoms with van der Waals surface area (Å²) in [5.74, 6) is 0.684. The van der Waals surface area contributed by atoms with Crippen LogP contribution in [0.4, 0.5) is 5.69 Å². The van der Waals surface area contributed by atoms with Crippen LogP contribution >= 0.6 is 0 Å². The van der Waals surface area contributed by atoms with Gasteiger partial charge in [-0.05, 0) is 61.4 Å². The lowest BCUT2D eigenvalue weighted by Gasteiger charge is -2.15. The summed E-state index contributed by atoms with van der Waals surface area (Å²) in [7, 11) is 1.51. The largest absolute Gasteiger partial charge is 0.493 e. The maximum absolute atomic E-state index is 12.5. The fraction of sp³-hybridized carbons (Fsp3) is 0.292.